The monoisotopic (exact) mass is 210 g/mol. The molecule has 0 aliphatic carbocycles. The van der Waals surface area contributed by atoms with Gasteiger partial charge in [-0.05, 0) is 12.1 Å². The fourth-order valence-electron chi connectivity index (χ4n) is 0.971. The molecule has 2 aromatic heterocycles. The molecule has 0 saturated heterocycles. The minimum atomic E-state index is 0.335. The summed E-state index contributed by atoms with van der Waals surface area (Å²) in [7, 11) is 1.69. The Morgan fingerprint density at radius 1 is 1.50 bits per heavy atom. The van der Waals surface area contributed by atoms with Crippen LogP contribution in [0.2, 0.25) is 5.02 Å². The molecule has 1 N–H and O–H groups in total. The quantitative estimate of drug-likeness (QED) is 0.819. The molecule has 5 nitrogen and oxygen atoms in total. The molecular weight excluding hydrogens is 204 g/mol. The molecule has 2 heterocycles. The zero-order chi connectivity index (χ0) is 9.97. The number of halogens is 1. The third-order valence-corrected chi connectivity index (χ3v) is 1.92. The maximum atomic E-state index is 5.91. The van der Waals surface area contributed by atoms with Gasteiger partial charge >= 0.3 is 6.01 Å². The summed E-state index contributed by atoms with van der Waals surface area (Å²) in [6, 6.07) is 3.80. The summed E-state index contributed by atoms with van der Waals surface area (Å²) in [6.45, 7) is 0. The smallest absolute Gasteiger partial charge is 0.321 e. The molecule has 0 spiro atoms. The third-order valence-electron chi connectivity index (χ3n) is 1.61. The predicted octanol–water partition coefficient (Wildman–Crippen LogP) is 1.83. The Bertz CT molecular complexity index is 442. The second kappa shape index (κ2) is 3.63. The van der Waals surface area contributed by atoms with Crippen molar-refractivity contribution in [1.29, 1.82) is 0 Å². The maximum absolute atomic E-state index is 5.91. The van der Waals surface area contributed by atoms with E-state index >= 15 is 0 Å². The number of nitrogens with zero attached hydrogens (tertiary/aromatic N) is 3. The van der Waals surface area contributed by atoms with Crippen LogP contribution in [0, 0.1) is 0 Å². The number of hydrogen-bond acceptors (Lipinski definition) is 5. The van der Waals surface area contributed by atoms with Crippen LogP contribution >= 0.6 is 11.6 Å². The van der Waals surface area contributed by atoms with Gasteiger partial charge in [0, 0.05) is 13.2 Å². The number of nitrogens with one attached hydrogen (secondary N) is 1. The molecule has 0 aliphatic rings. The molecule has 0 aromatic carbocycles. The highest BCUT2D eigenvalue weighted by molar-refractivity contribution is 6.32. The van der Waals surface area contributed by atoms with Gasteiger partial charge in [0.25, 0.3) is 0 Å². The van der Waals surface area contributed by atoms with E-state index in [2.05, 4.69) is 20.4 Å². The molecule has 72 valence electrons. The van der Waals surface area contributed by atoms with Crippen LogP contribution in [-0.2, 0) is 0 Å². The van der Waals surface area contributed by atoms with Crippen molar-refractivity contribution in [2.45, 2.75) is 0 Å². The summed E-state index contributed by atoms with van der Waals surface area (Å²) in [5, 5.41) is 6.94. The number of aromatic nitrogens is 3. The molecule has 0 atom stereocenters. The molecule has 0 aliphatic heterocycles. The Hall–Kier alpha value is -1.62. The fourth-order valence-corrected chi connectivity index (χ4v) is 1.18. The van der Waals surface area contributed by atoms with E-state index in [0.29, 0.717) is 22.6 Å². The first kappa shape index (κ1) is 8.96. The SMILES string of the molecule is CNc1nc(-c2ncccc2Cl)no1. The van der Waals surface area contributed by atoms with Crippen LogP contribution in [0.5, 0.6) is 0 Å². The largest absolute Gasteiger partial charge is 0.341 e. The lowest BCUT2D eigenvalue weighted by Gasteiger charge is -1.94. The first-order chi connectivity index (χ1) is 6.81. The van der Waals surface area contributed by atoms with Gasteiger partial charge in [-0.15, -0.1) is 0 Å². The van der Waals surface area contributed by atoms with Crippen molar-refractivity contribution in [2.24, 2.45) is 0 Å². The summed E-state index contributed by atoms with van der Waals surface area (Å²) in [4.78, 5) is 8.08. The molecule has 0 unspecified atom stereocenters. The molecule has 0 saturated carbocycles. The van der Waals surface area contributed by atoms with Crippen LogP contribution < -0.4 is 5.32 Å². The van der Waals surface area contributed by atoms with Crippen molar-refractivity contribution in [2.75, 3.05) is 12.4 Å². The predicted molar refractivity (Wildman–Crippen MR) is 52.1 cm³/mol. The Balaban J connectivity index is 2.44. The van der Waals surface area contributed by atoms with E-state index in [-0.39, 0.29) is 0 Å². The van der Waals surface area contributed by atoms with Crippen LogP contribution in [0.4, 0.5) is 6.01 Å². The molecule has 14 heavy (non-hydrogen) atoms. The zero-order valence-electron chi connectivity index (χ0n) is 7.36. The lowest BCUT2D eigenvalue weighted by atomic mass is 10.3. The van der Waals surface area contributed by atoms with Crippen LogP contribution in [0.1, 0.15) is 0 Å². The van der Waals surface area contributed by atoms with Gasteiger partial charge in [0.15, 0.2) is 0 Å². The summed E-state index contributed by atoms with van der Waals surface area (Å²) in [5.74, 6) is 0.375. The van der Waals surface area contributed by atoms with Crippen LogP contribution in [0.15, 0.2) is 22.9 Å². The van der Waals surface area contributed by atoms with Gasteiger partial charge in [0.05, 0.1) is 5.02 Å². The average Bonchev–Trinajstić information content (AvgIpc) is 2.67. The van der Waals surface area contributed by atoms with Gasteiger partial charge in [0.1, 0.15) is 5.69 Å². The van der Waals surface area contributed by atoms with E-state index < -0.39 is 0 Å². The molecule has 0 fully saturated rings. The molecule has 2 aromatic rings. The normalized spacial score (nSPS) is 10.1. The Morgan fingerprint density at radius 3 is 3.00 bits per heavy atom. The van der Waals surface area contributed by atoms with E-state index in [4.69, 9.17) is 16.1 Å². The van der Waals surface area contributed by atoms with Gasteiger partial charge in [-0.25, -0.2) is 0 Å². The maximum Gasteiger partial charge on any atom is 0.321 e. The fraction of sp³-hybridized carbons (Fsp3) is 0.125. The number of pyridine rings is 1. The molecule has 2 rings (SSSR count). The summed E-state index contributed by atoms with van der Waals surface area (Å²) in [5.41, 5.74) is 0.513. The van der Waals surface area contributed by atoms with Crippen molar-refractivity contribution < 1.29 is 4.52 Å². The highest BCUT2D eigenvalue weighted by atomic mass is 35.5. The van der Waals surface area contributed by atoms with Gasteiger partial charge in [-0.2, -0.15) is 4.98 Å². The van der Waals surface area contributed by atoms with Crippen molar-refractivity contribution in [3.8, 4) is 11.5 Å². The van der Waals surface area contributed by atoms with Crippen molar-refractivity contribution in [3.05, 3.63) is 23.4 Å². The van der Waals surface area contributed by atoms with E-state index in [1.54, 1.807) is 25.4 Å². The first-order valence-corrected chi connectivity index (χ1v) is 4.31. The molecule has 6 heteroatoms. The average molecular weight is 211 g/mol. The van der Waals surface area contributed by atoms with Crippen LogP contribution in [0.3, 0.4) is 0 Å². The molecule has 0 radical (unpaired) electrons. The lowest BCUT2D eigenvalue weighted by molar-refractivity contribution is 0.434. The highest BCUT2D eigenvalue weighted by Crippen LogP contribution is 2.22. The minimum Gasteiger partial charge on any atom is -0.341 e. The Morgan fingerprint density at radius 2 is 2.36 bits per heavy atom. The highest BCUT2D eigenvalue weighted by Gasteiger charge is 2.11. The van der Waals surface area contributed by atoms with Gasteiger partial charge in [-0.1, -0.05) is 16.8 Å². The second-order valence-corrected chi connectivity index (χ2v) is 2.91. The molecule has 0 bridgehead atoms. The van der Waals surface area contributed by atoms with Gasteiger partial charge < -0.3 is 9.84 Å². The summed E-state index contributed by atoms with van der Waals surface area (Å²) < 4.78 is 4.85. The van der Waals surface area contributed by atoms with Crippen LogP contribution in [-0.4, -0.2) is 22.2 Å². The van der Waals surface area contributed by atoms with Crippen molar-refractivity contribution in [3.63, 3.8) is 0 Å². The lowest BCUT2D eigenvalue weighted by Crippen LogP contribution is -1.89. The standard InChI is InChI=1S/C8H7ClN4O/c1-10-8-12-7(13-14-8)6-5(9)3-2-4-11-6/h2-4H,1H3,(H,10,12,13). The van der Waals surface area contributed by atoms with E-state index in [1.165, 1.54) is 0 Å². The number of anilines is 1. The second-order valence-electron chi connectivity index (χ2n) is 2.51. The van der Waals surface area contributed by atoms with E-state index in [9.17, 15) is 0 Å². The minimum absolute atomic E-state index is 0.335. The van der Waals surface area contributed by atoms with Gasteiger partial charge in [-0.3, -0.25) is 4.98 Å². The van der Waals surface area contributed by atoms with Crippen molar-refractivity contribution in [1.82, 2.24) is 15.1 Å². The molecule has 0 amide bonds. The number of hydrogen-bond donors (Lipinski definition) is 1. The van der Waals surface area contributed by atoms with Crippen molar-refractivity contribution >= 4 is 17.6 Å². The summed E-state index contributed by atoms with van der Waals surface area (Å²) >= 11 is 5.91. The Labute approximate surface area is 85.1 Å². The first-order valence-electron chi connectivity index (χ1n) is 3.93. The van der Waals surface area contributed by atoms with E-state index in [0.717, 1.165) is 0 Å². The Kier molecular flexibility index (Phi) is 2.32. The van der Waals surface area contributed by atoms with Gasteiger partial charge in [0.2, 0.25) is 5.82 Å². The topological polar surface area (TPSA) is 63.8 Å². The van der Waals surface area contributed by atoms with Crippen LogP contribution in [0.25, 0.3) is 11.5 Å². The third kappa shape index (κ3) is 1.54. The van der Waals surface area contributed by atoms with E-state index in [1.807, 2.05) is 0 Å². The number of rotatable bonds is 2. The zero-order valence-corrected chi connectivity index (χ0v) is 8.12. The molecular formula is C8H7ClN4O. The summed E-state index contributed by atoms with van der Waals surface area (Å²) in [6.07, 6.45) is 1.62.